The molecule has 9 heteroatoms. The smallest absolute Gasteiger partial charge is 0.251 e. The zero-order chi connectivity index (χ0) is 17.4. The number of anilines is 1. The number of sulfonamides is 1. The lowest BCUT2D eigenvalue weighted by atomic mass is 10.2. The van der Waals surface area contributed by atoms with E-state index in [-0.39, 0.29) is 11.7 Å². The van der Waals surface area contributed by atoms with E-state index in [2.05, 4.69) is 15.5 Å². The minimum Gasteiger partial charge on any atom is -0.345 e. The van der Waals surface area contributed by atoms with Gasteiger partial charge in [-0.05, 0) is 31.0 Å². The van der Waals surface area contributed by atoms with Crippen LogP contribution in [-0.2, 0) is 29.5 Å². The number of aryl methyl sites for hydroxylation is 1. The molecule has 0 radical (unpaired) electrons. The Morgan fingerprint density at radius 2 is 2.08 bits per heavy atom. The lowest BCUT2D eigenvalue weighted by Crippen LogP contribution is -2.27. The fourth-order valence-corrected chi connectivity index (χ4v) is 4.89. The molecule has 1 fully saturated rings. The minimum atomic E-state index is -3.26. The Labute approximate surface area is 145 Å². The molecule has 0 unspecified atom stereocenters. The molecule has 1 saturated heterocycles. The van der Waals surface area contributed by atoms with Crippen LogP contribution in [0.3, 0.4) is 0 Å². The number of carbonyl (C=O) groups is 1. The van der Waals surface area contributed by atoms with Gasteiger partial charge in [-0.25, -0.2) is 8.42 Å². The summed E-state index contributed by atoms with van der Waals surface area (Å²) in [5.74, 6) is 1.61. The van der Waals surface area contributed by atoms with Crippen molar-refractivity contribution >= 4 is 21.6 Å². The first kappa shape index (κ1) is 16.1. The Balaban J connectivity index is 1.48. The molecule has 0 saturated carbocycles. The molecule has 0 atom stereocenters. The second-order valence-electron chi connectivity index (χ2n) is 6.26. The average Bonchev–Trinajstić information content (AvgIpc) is 3.28. The quantitative estimate of drug-likeness (QED) is 0.864. The molecule has 0 aliphatic carbocycles. The Kier molecular flexibility index (Phi) is 3.95. The van der Waals surface area contributed by atoms with Gasteiger partial charge >= 0.3 is 0 Å². The van der Waals surface area contributed by atoms with Crippen molar-refractivity contribution in [3.05, 3.63) is 41.5 Å². The monoisotopic (exact) mass is 361 g/mol. The normalized spacial score (nSPS) is 18.3. The van der Waals surface area contributed by atoms with Gasteiger partial charge < -0.3 is 9.88 Å². The Morgan fingerprint density at radius 1 is 1.20 bits per heavy atom. The van der Waals surface area contributed by atoms with Crippen LogP contribution in [0, 0.1) is 0 Å². The Bertz CT molecular complexity index is 922. The molecule has 1 aromatic carbocycles. The number of aromatic nitrogens is 3. The number of benzene rings is 1. The summed E-state index contributed by atoms with van der Waals surface area (Å²) >= 11 is 0. The van der Waals surface area contributed by atoms with Gasteiger partial charge in [0.05, 0.1) is 18.0 Å². The molecule has 25 heavy (non-hydrogen) atoms. The van der Waals surface area contributed by atoms with E-state index in [0.29, 0.717) is 30.8 Å². The number of hydrogen-bond donors (Lipinski definition) is 1. The standard InChI is InChI=1S/C16H19N5O3S/c22-16(17-11-15-19-18-14-6-2-7-20(14)15)12-4-1-5-13(10-12)21-8-3-9-25(21,23)24/h1,4-5,10H,2-3,6-9,11H2,(H,17,22). The van der Waals surface area contributed by atoms with Crippen molar-refractivity contribution in [3.8, 4) is 0 Å². The topological polar surface area (TPSA) is 97.2 Å². The lowest BCUT2D eigenvalue weighted by molar-refractivity contribution is 0.0949. The SMILES string of the molecule is O=C(NCc1nnc2n1CCC2)c1cccc(N2CCCS2(=O)=O)c1. The van der Waals surface area contributed by atoms with Crippen LogP contribution in [0.2, 0.25) is 0 Å². The third-order valence-electron chi connectivity index (χ3n) is 4.59. The van der Waals surface area contributed by atoms with Crippen molar-refractivity contribution in [2.24, 2.45) is 0 Å². The zero-order valence-corrected chi connectivity index (χ0v) is 14.5. The number of amides is 1. The van der Waals surface area contributed by atoms with E-state index < -0.39 is 10.0 Å². The molecular weight excluding hydrogens is 342 g/mol. The summed E-state index contributed by atoms with van der Waals surface area (Å²) in [7, 11) is -3.26. The number of hydrogen-bond acceptors (Lipinski definition) is 5. The van der Waals surface area contributed by atoms with E-state index in [0.717, 1.165) is 31.0 Å². The molecule has 0 spiro atoms. The van der Waals surface area contributed by atoms with Crippen molar-refractivity contribution in [1.29, 1.82) is 0 Å². The number of nitrogens with zero attached hydrogens (tertiary/aromatic N) is 4. The van der Waals surface area contributed by atoms with E-state index in [1.165, 1.54) is 4.31 Å². The molecule has 8 nitrogen and oxygen atoms in total. The number of fused-ring (bicyclic) bond motifs is 1. The summed E-state index contributed by atoms with van der Waals surface area (Å²) in [5.41, 5.74) is 0.967. The van der Waals surface area contributed by atoms with Gasteiger partial charge in [0.25, 0.3) is 5.91 Å². The fourth-order valence-electron chi connectivity index (χ4n) is 3.33. The molecule has 4 rings (SSSR count). The zero-order valence-electron chi connectivity index (χ0n) is 13.7. The summed E-state index contributed by atoms with van der Waals surface area (Å²) in [6.45, 7) is 1.65. The van der Waals surface area contributed by atoms with Gasteiger partial charge in [0.15, 0.2) is 5.82 Å². The fraction of sp³-hybridized carbons (Fsp3) is 0.438. The van der Waals surface area contributed by atoms with Crippen LogP contribution in [-0.4, -0.2) is 41.4 Å². The molecule has 0 bridgehead atoms. The van der Waals surface area contributed by atoms with E-state index >= 15 is 0 Å². The highest BCUT2D eigenvalue weighted by molar-refractivity contribution is 7.93. The van der Waals surface area contributed by atoms with Crippen LogP contribution >= 0.6 is 0 Å². The predicted octanol–water partition coefficient (Wildman–Crippen LogP) is 0.694. The molecule has 3 heterocycles. The lowest BCUT2D eigenvalue weighted by Gasteiger charge is -2.17. The van der Waals surface area contributed by atoms with Gasteiger partial charge in [0.2, 0.25) is 10.0 Å². The highest BCUT2D eigenvalue weighted by atomic mass is 32.2. The van der Waals surface area contributed by atoms with Crippen LogP contribution in [0.15, 0.2) is 24.3 Å². The van der Waals surface area contributed by atoms with Crippen molar-refractivity contribution in [1.82, 2.24) is 20.1 Å². The Morgan fingerprint density at radius 3 is 2.88 bits per heavy atom. The summed E-state index contributed by atoms with van der Waals surface area (Å²) in [4.78, 5) is 12.4. The van der Waals surface area contributed by atoms with Crippen molar-refractivity contribution < 1.29 is 13.2 Å². The van der Waals surface area contributed by atoms with Crippen molar-refractivity contribution in [2.75, 3.05) is 16.6 Å². The summed E-state index contributed by atoms with van der Waals surface area (Å²) < 4.78 is 27.5. The summed E-state index contributed by atoms with van der Waals surface area (Å²) in [5, 5.41) is 11.1. The van der Waals surface area contributed by atoms with Gasteiger partial charge in [0.1, 0.15) is 5.82 Å². The van der Waals surface area contributed by atoms with Crippen molar-refractivity contribution in [3.63, 3.8) is 0 Å². The highest BCUT2D eigenvalue weighted by Crippen LogP contribution is 2.24. The van der Waals surface area contributed by atoms with Crippen LogP contribution in [0.4, 0.5) is 5.69 Å². The van der Waals surface area contributed by atoms with Gasteiger partial charge in [0, 0.05) is 25.1 Å². The summed E-state index contributed by atoms with van der Waals surface area (Å²) in [6.07, 6.45) is 2.59. The molecule has 1 amide bonds. The van der Waals surface area contributed by atoms with Gasteiger partial charge in [-0.15, -0.1) is 10.2 Å². The first-order valence-electron chi connectivity index (χ1n) is 8.34. The first-order chi connectivity index (χ1) is 12.0. The third kappa shape index (κ3) is 2.99. The minimum absolute atomic E-state index is 0.154. The second-order valence-corrected chi connectivity index (χ2v) is 8.28. The van der Waals surface area contributed by atoms with Gasteiger partial charge in [-0.1, -0.05) is 6.07 Å². The first-order valence-corrected chi connectivity index (χ1v) is 9.95. The predicted molar refractivity (Wildman–Crippen MR) is 91.7 cm³/mol. The molecule has 2 aromatic rings. The highest BCUT2D eigenvalue weighted by Gasteiger charge is 2.28. The average molecular weight is 361 g/mol. The molecule has 1 N–H and O–H groups in total. The second kappa shape index (κ2) is 6.14. The van der Waals surface area contributed by atoms with Crippen LogP contribution in [0.5, 0.6) is 0 Å². The number of nitrogens with one attached hydrogen (secondary N) is 1. The van der Waals surface area contributed by atoms with E-state index in [4.69, 9.17) is 0 Å². The molecule has 2 aliphatic heterocycles. The van der Waals surface area contributed by atoms with E-state index in [9.17, 15) is 13.2 Å². The van der Waals surface area contributed by atoms with E-state index in [1.807, 2.05) is 4.57 Å². The maximum absolute atomic E-state index is 12.4. The molecule has 1 aromatic heterocycles. The third-order valence-corrected chi connectivity index (χ3v) is 6.46. The van der Waals surface area contributed by atoms with Crippen LogP contribution in [0.1, 0.15) is 34.8 Å². The molecular formula is C16H19N5O3S. The Hall–Kier alpha value is -2.42. The molecule has 2 aliphatic rings. The maximum atomic E-state index is 12.4. The van der Waals surface area contributed by atoms with Crippen LogP contribution in [0.25, 0.3) is 0 Å². The largest absolute Gasteiger partial charge is 0.345 e. The van der Waals surface area contributed by atoms with Gasteiger partial charge in [-0.2, -0.15) is 0 Å². The van der Waals surface area contributed by atoms with Crippen LogP contribution < -0.4 is 9.62 Å². The van der Waals surface area contributed by atoms with Gasteiger partial charge in [-0.3, -0.25) is 9.10 Å². The maximum Gasteiger partial charge on any atom is 0.251 e. The number of rotatable bonds is 4. The van der Waals surface area contributed by atoms with Crippen molar-refractivity contribution in [2.45, 2.75) is 32.4 Å². The molecule has 132 valence electrons. The van der Waals surface area contributed by atoms with E-state index in [1.54, 1.807) is 24.3 Å². The summed E-state index contributed by atoms with van der Waals surface area (Å²) in [6, 6.07) is 6.71. The number of carbonyl (C=O) groups excluding carboxylic acids is 1.